The molecular formula is C7H7ClN4O. The van der Waals surface area contributed by atoms with E-state index in [9.17, 15) is 4.79 Å². The minimum Gasteiger partial charge on any atom is -0.326 e. The summed E-state index contributed by atoms with van der Waals surface area (Å²) in [4.78, 5) is 18.4. The predicted molar refractivity (Wildman–Crippen MR) is 48.1 cm³/mol. The van der Waals surface area contributed by atoms with Gasteiger partial charge in [-0.1, -0.05) is 11.6 Å². The second kappa shape index (κ2) is 2.56. The lowest BCUT2D eigenvalue weighted by Gasteiger charge is -1.96. The summed E-state index contributed by atoms with van der Waals surface area (Å²) < 4.78 is 1.16. The second-order valence-electron chi connectivity index (χ2n) is 2.76. The average molecular weight is 199 g/mol. The Kier molecular flexibility index (Phi) is 1.63. The van der Waals surface area contributed by atoms with Crippen molar-refractivity contribution in [2.75, 3.05) is 0 Å². The zero-order valence-corrected chi connectivity index (χ0v) is 7.88. The van der Waals surface area contributed by atoms with E-state index in [4.69, 9.17) is 11.6 Å². The van der Waals surface area contributed by atoms with Gasteiger partial charge in [0.2, 0.25) is 5.78 Å². The van der Waals surface area contributed by atoms with E-state index in [1.165, 1.54) is 0 Å². The molecule has 0 aliphatic heterocycles. The molecule has 0 amide bonds. The van der Waals surface area contributed by atoms with Gasteiger partial charge in [-0.25, -0.2) is 0 Å². The van der Waals surface area contributed by atoms with Crippen LogP contribution in [-0.2, 0) is 0 Å². The summed E-state index contributed by atoms with van der Waals surface area (Å²) in [7, 11) is 0. The lowest BCUT2D eigenvalue weighted by molar-refractivity contribution is 0.873. The number of aryl methyl sites for hydroxylation is 2. The Balaban J connectivity index is 3.01. The molecule has 0 bridgehead atoms. The summed E-state index contributed by atoms with van der Waals surface area (Å²) in [5.74, 6) is 0.958. The highest BCUT2D eigenvalue weighted by atomic mass is 35.5. The minimum atomic E-state index is -0.339. The SMILES string of the molecule is Cc1nc2[nH]c(C)c(Cl)c(=O)n2n1. The summed E-state index contributed by atoms with van der Waals surface area (Å²) in [6.07, 6.45) is 0. The van der Waals surface area contributed by atoms with E-state index in [1.54, 1.807) is 13.8 Å². The molecule has 0 fully saturated rings. The zero-order chi connectivity index (χ0) is 9.59. The molecule has 0 aliphatic rings. The van der Waals surface area contributed by atoms with Gasteiger partial charge in [0.15, 0.2) is 0 Å². The Labute approximate surface area is 78.4 Å². The first-order valence-electron chi connectivity index (χ1n) is 3.71. The number of aromatic amines is 1. The highest BCUT2D eigenvalue weighted by molar-refractivity contribution is 6.31. The third-order valence-electron chi connectivity index (χ3n) is 1.72. The summed E-state index contributed by atoms with van der Waals surface area (Å²) in [6, 6.07) is 0. The smallest absolute Gasteiger partial charge is 0.294 e. The van der Waals surface area contributed by atoms with Crippen LogP contribution in [0, 0.1) is 13.8 Å². The van der Waals surface area contributed by atoms with Crippen molar-refractivity contribution < 1.29 is 0 Å². The van der Waals surface area contributed by atoms with Crippen molar-refractivity contribution in [3.8, 4) is 0 Å². The lowest BCUT2D eigenvalue weighted by Crippen LogP contribution is -2.17. The van der Waals surface area contributed by atoms with Gasteiger partial charge >= 0.3 is 0 Å². The van der Waals surface area contributed by atoms with E-state index in [0.29, 0.717) is 17.3 Å². The largest absolute Gasteiger partial charge is 0.326 e. The number of hydrogen-bond donors (Lipinski definition) is 1. The number of H-pyrrole nitrogens is 1. The Hall–Kier alpha value is -1.36. The van der Waals surface area contributed by atoms with Gasteiger partial charge in [0.1, 0.15) is 10.8 Å². The van der Waals surface area contributed by atoms with Crippen molar-refractivity contribution in [3.63, 3.8) is 0 Å². The molecule has 0 aliphatic carbocycles. The van der Waals surface area contributed by atoms with Crippen molar-refractivity contribution in [1.82, 2.24) is 19.6 Å². The third kappa shape index (κ3) is 1.12. The molecule has 2 aromatic heterocycles. The topological polar surface area (TPSA) is 63.0 Å². The first-order valence-corrected chi connectivity index (χ1v) is 4.09. The first kappa shape index (κ1) is 8.25. The normalized spacial score (nSPS) is 11.0. The highest BCUT2D eigenvalue weighted by Gasteiger charge is 2.08. The molecule has 0 unspecified atom stereocenters. The molecule has 5 nitrogen and oxygen atoms in total. The standard InChI is InChI=1S/C7H7ClN4O/c1-3-5(8)6(13)12-7(9-3)10-4(2)11-12/h1-2H3,(H,9,10,11). The van der Waals surface area contributed by atoms with Crippen LogP contribution in [0.2, 0.25) is 5.02 Å². The molecule has 0 aromatic carbocycles. The molecule has 0 atom stereocenters. The van der Waals surface area contributed by atoms with E-state index >= 15 is 0 Å². The number of fused-ring (bicyclic) bond motifs is 1. The van der Waals surface area contributed by atoms with Gasteiger partial charge in [-0.2, -0.15) is 9.50 Å². The maximum Gasteiger partial charge on any atom is 0.294 e. The number of halogens is 1. The summed E-state index contributed by atoms with van der Waals surface area (Å²) >= 11 is 5.73. The van der Waals surface area contributed by atoms with Gasteiger partial charge in [-0.15, -0.1) is 5.10 Å². The van der Waals surface area contributed by atoms with Gasteiger partial charge in [0.05, 0.1) is 0 Å². The Morgan fingerprint density at radius 1 is 1.46 bits per heavy atom. The third-order valence-corrected chi connectivity index (χ3v) is 2.17. The number of aromatic nitrogens is 4. The van der Waals surface area contributed by atoms with Gasteiger partial charge < -0.3 is 4.98 Å². The van der Waals surface area contributed by atoms with Crippen LogP contribution < -0.4 is 5.56 Å². The van der Waals surface area contributed by atoms with Crippen LogP contribution in [0.3, 0.4) is 0 Å². The lowest BCUT2D eigenvalue weighted by atomic mass is 10.4. The monoisotopic (exact) mass is 198 g/mol. The average Bonchev–Trinajstić information content (AvgIpc) is 2.42. The summed E-state index contributed by atoms with van der Waals surface area (Å²) in [5, 5.41) is 4.04. The van der Waals surface area contributed by atoms with E-state index in [0.717, 1.165) is 4.52 Å². The number of nitrogens with zero attached hydrogens (tertiary/aromatic N) is 3. The Morgan fingerprint density at radius 3 is 2.85 bits per heavy atom. The van der Waals surface area contributed by atoms with E-state index in [2.05, 4.69) is 15.1 Å². The fraction of sp³-hybridized carbons (Fsp3) is 0.286. The zero-order valence-electron chi connectivity index (χ0n) is 7.13. The van der Waals surface area contributed by atoms with Gasteiger partial charge in [0.25, 0.3) is 5.56 Å². The first-order chi connectivity index (χ1) is 6.09. The van der Waals surface area contributed by atoms with Crippen LogP contribution in [0.4, 0.5) is 0 Å². The van der Waals surface area contributed by atoms with E-state index in [-0.39, 0.29) is 10.6 Å². The molecule has 2 heterocycles. The summed E-state index contributed by atoms with van der Waals surface area (Å²) in [5.41, 5.74) is 0.264. The molecular weight excluding hydrogens is 192 g/mol. The minimum absolute atomic E-state index is 0.150. The molecule has 0 saturated carbocycles. The number of nitrogens with one attached hydrogen (secondary N) is 1. The molecule has 2 aromatic rings. The van der Waals surface area contributed by atoms with Crippen molar-refractivity contribution in [3.05, 3.63) is 26.9 Å². The van der Waals surface area contributed by atoms with Crippen molar-refractivity contribution >= 4 is 17.4 Å². The molecule has 13 heavy (non-hydrogen) atoms. The fourth-order valence-electron chi connectivity index (χ4n) is 1.11. The van der Waals surface area contributed by atoms with Gasteiger partial charge in [-0.3, -0.25) is 4.79 Å². The number of rotatable bonds is 0. The maximum absolute atomic E-state index is 11.5. The summed E-state index contributed by atoms with van der Waals surface area (Å²) in [6.45, 7) is 3.43. The van der Waals surface area contributed by atoms with Crippen LogP contribution in [-0.4, -0.2) is 19.6 Å². The Morgan fingerprint density at radius 2 is 2.15 bits per heavy atom. The highest BCUT2D eigenvalue weighted by Crippen LogP contribution is 2.06. The molecule has 2 rings (SSSR count). The van der Waals surface area contributed by atoms with Crippen LogP contribution in [0.1, 0.15) is 11.5 Å². The maximum atomic E-state index is 11.5. The molecule has 1 N–H and O–H groups in total. The van der Waals surface area contributed by atoms with Crippen LogP contribution in [0.5, 0.6) is 0 Å². The molecule has 6 heteroatoms. The number of hydrogen-bond acceptors (Lipinski definition) is 3. The molecule has 0 radical (unpaired) electrons. The molecule has 0 spiro atoms. The van der Waals surface area contributed by atoms with Gasteiger partial charge in [0, 0.05) is 5.69 Å². The van der Waals surface area contributed by atoms with Crippen molar-refractivity contribution in [2.45, 2.75) is 13.8 Å². The fourth-order valence-corrected chi connectivity index (χ4v) is 1.24. The molecule has 0 saturated heterocycles. The molecule has 68 valence electrons. The van der Waals surface area contributed by atoms with Crippen LogP contribution >= 0.6 is 11.6 Å². The van der Waals surface area contributed by atoms with Crippen molar-refractivity contribution in [1.29, 1.82) is 0 Å². The van der Waals surface area contributed by atoms with E-state index < -0.39 is 0 Å². The quantitative estimate of drug-likeness (QED) is 0.678. The predicted octanol–water partition coefficient (Wildman–Crippen LogP) is 0.688. The van der Waals surface area contributed by atoms with Crippen molar-refractivity contribution in [2.24, 2.45) is 0 Å². The van der Waals surface area contributed by atoms with Crippen LogP contribution in [0.15, 0.2) is 4.79 Å². The van der Waals surface area contributed by atoms with Gasteiger partial charge in [-0.05, 0) is 13.8 Å². The van der Waals surface area contributed by atoms with E-state index in [1.807, 2.05) is 0 Å². The second-order valence-corrected chi connectivity index (χ2v) is 3.14. The van der Waals surface area contributed by atoms with Crippen LogP contribution in [0.25, 0.3) is 5.78 Å². The Bertz CT molecular complexity index is 527.